The number of unbranched alkanes of at least 4 members (excludes halogenated alkanes) is 2. The molecule has 0 aliphatic carbocycles. The smallest absolute Gasteiger partial charge is 0.0780 e. The van der Waals surface area contributed by atoms with Gasteiger partial charge in [-0.25, -0.2) is 0 Å². The molecule has 1 N–H and O–H groups in total. The van der Waals surface area contributed by atoms with E-state index in [0.717, 1.165) is 19.6 Å². The van der Waals surface area contributed by atoms with Gasteiger partial charge in [-0.1, -0.05) is 0 Å². The molecule has 0 spiro atoms. The number of hydrogen-bond acceptors (Lipinski definition) is 3. The van der Waals surface area contributed by atoms with Crippen LogP contribution >= 0.6 is 0 Å². The third kappa shape index (κ3) is 9.80. The van der Waals surface area contributed by atoms with Gasteiger partial charge in [0.05, 0.1) is 12.7 Å². The lowest BCUT2D eigenvalue weighted by Gasteiger charge is -2.11. The van der Waals surface area contributed by atoms with Crippen molar-refractivity contribution in [3.8, 4) is 0 Å². The fourth-order valence-electron chi connectivity index (χ4n) is 1.15. The number of rotatable bonds is 9. The Morgan fingerprint density at radius 2 is 2.00 bits per heavy atom. The Hall–Kier alpha value is -0.120. The summed E-state index contributed by atoms with van der Waals surface area (Å²) in [6.45, 7) is 4.69. The molecule has 0 aromatic rings. The van der Waals surface area contributed by atoms with Crippen LogP contribution in [0.1, 0.15) is 26.2 Å². The number of ether oxygens (including phenoxy) is 2. The van der Waals surface area contributed by atoms with Gasteiger partial charge in [-0.05, 0) is 39.8 Å². The Labute approximate surface area is 81.8 Å². The zero-order valence-electron chi connectivity index (χ0n) is 9.14. The third-order valence-electron chi connectivity index (χ3n) is 1.87. The number of nitrogens with one attached hydrogen (secondary N) is 1. The molecular weight excluding hydrogens is 166 g/mol. The highest BCUT2D eigenvalue weighted by Crippen LogP contribution is 1.98. The highest BCUT2D eigenvalue weighted by Gasteiger charge is 1.99. The molecule has 1 unspecified atom stereocenters. The molecule has 0 saturated heterocycles. The van der Waals surface area contributed by atoms with Crippen molar-refractivity contribution in [2.24, 2.45) is 0 Å². The minimum Gasteiger partial charge on any atom is -0.382 e. The summed E-state index contributed by atoms with van der Waals surface area (Å²) in [7, 11) is 3.68. The monoisotopic (exact) mass is 189 g/mol. The molecular formula is C10H23NO2. The molecule has 3 heteroatoms. The predicted molar refractivity (Wildman–Crippen MR) is 55.1 cm³/mol. The Balaban J connectivity index is 2.97. The van der Waals surface area contributed by atoms with E-state index in [0.29, 0.717) is 6.61 Å². The first-order chi connectivity index (χ1) is 6.31. The Morgan fingerprint density at radius 3 is 2.62 bits per heavy atom. The highest BCUT2D eigenvalue weighted by molar-refractivity contribution is 4.48. The Bertz CT molecular complexity index is 98.9. The zero-order chi connectivity index (χ0) is 9.94. The molecule has 0 aliphatic heterocycles. The van der Waals surface area contributed by atoms with Crippen molar-refractivity contribution in [3.05, 3.63) is 0 Å². The molecule has 0 aromatic carbocycles. The van der Waals surface area contributed by atoms with Gasteiger partial charge in [0.2, 0.25) is 0 Å². The summed E-state index contributed by atoms with van der Waals surface area (Å²) in [6, 6.07) is 0. The molecule has 13 heavy (non-hydrogen) atoms. The first-order valence-electron chi connectivity index (χ1n) is 5.06. The molecule has 0 aliphatic rings. The van der Waals surface area contributed by atoms with Gasteiger partial charge >= 0.3 is 0 Å². The van der Waals surface area contributed by atoms with E-state index in [1.807, 2.05) is 14.0 Å². The average Bonchev–Trinajstić information content (AvgIpc) is 2.11. The second-order valence-electron chi connectivity index (χ2n) is 3.30. The second-order valence-corrected chi connectivity index (χ2v) is 3.30. The first-order valence-corrected chi connectivity index (χ1v) is 5.06. The quantitative estimate of drug-likeness (QED) is 0.557. The fourth-order valence-corrected chi connectivity index (χ4v) is 1.15. The molecule has 0 saturated carbocycles. The minimum atomic E-state index is 0.231. The summed E-state index contributed by atoms with van der Waals surface area (Å²) in [6.07, 6.45) is 3.85. The Morgan fingerprint density at radius 1 is 1.23 bits per heavy atom. The molecule has 0 heterocycles. The molecule has 0 aromatic heterocycles. The normalized spacial score (nSPS) is 13.2. The number of hydrogen-bond donors (Lipinski definition) is 1. The lowest BCUT2D eigenvalue weighted by atomic mass is 10.2. The van der Waals surface area contributed by atoms with Gasteiger partial charge in [-0.2, -0.15) is 0 Å². The van der Waals surface area contributed by atoms with Crippen LogP contribution in [0.15, 0.2) is 0 Å². The predicted octanol–water partition coefficient (Wildman–Crippen LogP) is 1.43. The van der Waals surface area contributed by atoms with Crippen LogP contribution in [0.25, 0.3) is 0 Å². The fraction of sp³-hybridized carbons (Fsp3) is 1.00. The molecule has 1 atom stereocenters. The van der Waals surface area contributed by atoms with Gasteiger partial charge in [0.1, 0.15) is 0 Å². The molecule has 0 radical (unpaired) electrons. The van der Waals surface area contributed by atoms with Crippen molar-refractivity contribution in [1.29, 1.82) is 0 Å². The maximum absolute atomic E-state index is 5.52. The van der Waals surface area contributed by atoms with Crippen LogP contribution in [-0.2, 0) is 9.47 Å². The summed E-state index contributed by atoms with van der Waals surface area (Å²) in [5.74, 6) is 0. The average molecular weight is 189 g/mol. The lowest BCUT2D eigenvalue weighted by molar-refractivity contribution is 0.00768. The van der Waals surface area contributed by atoms with Crippen LogP contribution in [0.3, 0.4) is 0 Å². The molecule has 80 valence electrons. The maximum atomic E-state index is 5.52. The maximum Gasteiger partial charge on any atom is 0.0780 e. The summed E-state index contributed by atoms with van der Waals surface area (Å²) in [5, 5.41) is 3.13. The SMILES string of the molecule is CNCCCCCOC(C)COC. The molecule has 0 bridgehead atoms. The van der Waals surface area contributed by atoms with E-state index in [9.17, 15) is 0 Å². The molecule has 3 nitrogen and oxygen atoms in total. The summed E-state index contributed by atoms with van der Waals surface area (Å²) >= 11 is 0. The van der Waals surface area contributed by atoms with Crippen LogP contribution in [0, 0.1) is 0 Å². The Kier molecular flexibility index (Phi) is 9.87. The first kappa shape index (κ1) is 12.9. The summed E-state index contributed by atoms with van der Waals surface area (Å²) < 4.78 is 10.5. The summed E-state index contributed by atoms with van der Waals surface area (Å²) in [5.41, 5.74) is 0. The van der Waals surface area contributed by atoms with Gasteiger partial charge in [0.25, 0.3) is 0 Å². The molecule has 0 amide bonds. The van der Waals surface area contributed by atoms with Crippen LogP contribution in [0.5, 0.6) is 0 Å². The van der Waals surface area contributed by atoms with Crippen molar-refractivity contribution in [1.82, 2.24) is 5.32 Å². The van der Waals surface area contributed by atoms with Crippen molar-refractivity contribution in [2.75, 3.05) is 33.9 Å². The van der Waals surface area contributed by atoms with Crippen molar-refractivity contribution in [3.63, 3.8) is 0 Å². The van der Waals surface area contributed by atoms with Gasteiger partial charge in [0.15, 0.2) is 0 Å². The van der Waals surface area contributed by atoms with E-state index in [1.54, 1.807) is 7.11 Å². The highest BCUT2D eigenvalue weighted by atomic mass is 16.5. The van der Waals surface area contributed by atoms with Gasteiger partial charge in [-0.15, -0.1) is 0 Å². The largest absolute Gasteiger partial charge is 0.382 e. The van der Waals surface area contributed by atoms with E-state index in [1.165, 1.54) is 12.8 Å². The zero-order valence-corrected chi connectivity index (χ0v) is 9.14. The van der Waals surface area contributed by atoms with Gasteiger partial charge in [-0.3, -0.25) is 0 Å². The van der Waals surface area contributed by atoms with Crippen molar-refractivity contribution in [2.45, 2.75) is 32.3 Å². The van der Waals surface area contributed by atoms with E-state index in [4.69, 9.17) is 9.47 Å². The van der Waals surface area contributed by atoms with Gasteiger partial charge in [0, 0.05) is 13.7 Å². The summed E-state index contributed by atoms with van der Waals surface area (Å²) in [4.78, 5) is 0. The van der Waals surface area contributed by atoms with E-state index in [-0.39, 0.29) is 6.10 Å². The van der Waals surface area contributed by atoms with Gasteiger partial charge < -0.3 is 14.8 Å². The molecule has 0 fully saturated rings. The third-order valence-corrected chi connectivity index (χ3v) is 1.87. The van der Waals surface area contributed by atoms with Crippen LogP contribution < -0.4 is 5.32 Å². The van der Waals surface area contributed by atoms with Crippen molar-refractivity contribution >= 4 is 0 Å². The molecule has 0 rings (SSSR count). The second kappa shape index (κ2) is 9.96. The van der Waals surface area contributed by atoms with E-state index < -0.39 is 0 Å². The van der Waals surface area contributed by atoms with Crippen LogP contribution in [0.4, 0.5) is 0 Å². The standard InChI is InChI=1S/C10H23NO2/c1-10(9-12-3)13-8-6-4-5-7-11-2/h10-11H,4-9H2,1-3H3. The van der Waals surface area contributed by atoms with Crippen LogP contribution in [-0.4, -0.2) is 40.0 Å². The van der Waals surface area contributed by atoms with Crippen molar-refractivity contribution < 1.29 is 9.47 Å². The topological polar surface area (TPSA) is 30.5 Å². The van der Waals surface area contributed by atoms with Crippen LogP contribution in [0.2, 0.25) is 0 Å². The number of methoxy groups -OCH3 is 1. The van der Waals surface area contributed by atoms with E-state index >= 15 is 0 Å². The van der Waals surface area contributed by atoms with E-state index in [2.05, 4.69) is 5.32 Å². The minimum absolute atomic E-state index is 0.231. The lowest BCUT2D eigenvalue weighted by Crippen LogP contribution is -2.15.